The van der Waals surface area contributed by atoms with Crippen molar-refractivity contribution < 1.29 is 9.59 Å². The lowest BCUT2D eigenvalue weighted by atomic mass is 9.95. The quantitative estimate of drug-likeness (QED) is 0.215. The van der Waals surface area contributed by atoms with Gasteiger partial charge in [0.25, 0.3) is 17.4 Å². The van der Waals surface area contributed by atoms with Crippen LogP contribution in [0, 0.1) is 5.41 Å². The topological polar surface area (TPSA) is 121 Å². The van der Waals surface area contributed by atoms with Gasteiger partial charge in [0.2, 0.25) is 0 Å². The predicted octanol–water partition coefficient (Wildman–Crippen LogP) is 5.62. The molecule has 0 fully saturated rings. The highest BCUT2D eigenvalue weighted by Crippen LogP contribution is 2.38. The van der Waals surface area contributed by atoms with Gasteiger partial charge in [-0.05, 0) is 67.1 Å². The van der Waals surface area contributed by atoms with Crippen molar-refractivity contribution in [2.45, 2.75) is 32.2 Å². The number of para-hydroxylation sites is 1. The molecule has 9 nitrogen and oxygen atoms in total. The van der Waals surface area contributed by atoms with E-state index in [-0.39, 0.29) is 34.4 Å². The minimum absolute atomic E-state index is 0.0176. The van der Waals surface area contributed by atoms with E-state index in [1.807, 2.05) is 60.7 Å². The van der Waals surface area contributed by atoms with Gasteiger partial charge in [-0.25, -0.2) is 4.98 Å². The van der Waals surface area contributed by atoms with Crippen LogP contribution in [0.3, 0.4) is 0 Å². The fourth-order valence-electron chi connectivity index (χ4n) is 5.76. The molecule has 7 rings (SSSR count). The van der Waals surface area contributed by atoms with E-state index in [1.165, 1.54) is 21.8 Å². The van der Waals surface area contributed by atoms with Crippen molar-refractivity contribution in [1.29, 1.82) is 5.41 Å². The van der Waals surface area contributed by atoms with Gasteiger partial charge in [0.1, 0.15) is 21.8 Å². The molecule has 6 aromatic rings. The number of thiophene rings is 1. The van der Waals surface area contributed by atoms with Crippen molar-refractivity contribution >= 4 is 50.5 Å². The molecular weight excluding hydrogens is 572 g/mol. The molecule has 2 aromatic carbocycles. The zero-order valence-electron chi connectivity index (χ0n) is 23.7. The van der Waals surface area contributed by atoms with Crippen molar-refractivity contribution in [2.24, 2.45) is 0 Å². The Morgan fingerprint density at radius 1 is 0.886 bits per heavy atom. The Morgan fingerprint density at radius 3 is 2.41 bits per heavy atom. The lowest BCUT2D eigenvalue weighted by molar-refractivity contribution is 0.102. The molecule has 44 heavy (non-hydrogen) atoms. The van der Waals surface area contributed by atoms with Gasteiger partial charge in [0.15, 0.2) is 0 Å². The molecule has 10 heteroatoms. The minimum atomic E-state index is -0.566. The van der Waals surface area contributed by atoms with E-state index in [9.17, 15) is 14.4 Å². The normalized spacial score (nSPS) is 12.6. The summed E-state index contributed by atoms with van der Waals surface area (Å²) >= 11 is 1.41. The van der Waals surface area contributed by atoms with Crippen LogP contribution < -0.4 is 21.7 Å². The third kappa shape index (κ3) is 4.99. The van der Waals surface area contributed by atoms with Crippen LogP contribution in [-0.2, 0) is 19.4 Å². The van der Waals surface area contributed by atoms with Crippen LogP contribution in [0.25, 0.3) is 16.7 Å². The van der Waals surface area contributed by atoms with Gasteiger partial charge in [-0.15, -0.1) is 11.3 Å². The maximum atomic E-state index is 14.0. The summed E-state index contributed by atoms with van der Waals surface area (Å²) in [6.07, 6.45) is 5.22. The van der Waals surface area contributed by atoms with Gasteiger partial charge in [0.05, 0.1) is 23.1 Å². The summed E-state index contributed by atoms with van der Waals surface area (Å²) in [5.41, 5.74) is 3.34. The first kappa shape index (κ1) is 27.5. The number of benzene rings is 2. The zero-order valence-corrected chi connectivity index (χ0v) is 24.5. The number of amides is 2. The Hall–Kier alpha value is -5.35. The maximum Gasteiger partial charge on any atom is 0.267 e. The van der Waals surface area contributed by atoms with E-state index in [2.05, 4.69) is 10.6 Å². The predicted molar refractivity (Wildman–Crippen MR) is 172 cm³/mol. The Bertz CT molecular complexity index is 2180. The summed E-state index contributed by atoms with van der Waals surface area (Å²) in [4.78, 5) is 47.1. The number of pyridine rings is 2. The van der Waals surface area contributed by atoms with Crippen LogP contribution in [0.4, 0.5) is 10.7 Å². The molecule has 4 aromatic heterocycles. The number of hydrogen-bond acceptors (Lipinski definition) is 6. The minimum Gasteiger partial charge on any atom is -0.322 e. The first-order valence-corrected chi connectivity index (χ1v) is 15.3. The number of anilines is 2. The average Bonchev–Trinajstić information content (AvgIpc) is 3.41. The number of aromatic nitrogens is 3. The van der Waals surface area contributed by atoms with Gasteiger partial charge in [-0.2, -0.15) is 0 Å². The van der Waals surface area contributed by atoms with Gasteiger partial charge in [0, 0.05) is 16.8 Å². The summed E-state index contributed by atoms with van der Waals surface area (Å²) < 4.78 is 3.02. The number of aryl methyl sites for hydroxylation is 1. The standard InChI is InChI=1S/C34H28N6O3S/c35-29-24(19-25-30(40(29)20-21-11-3-1-4-12-21)37-27-17-9-10-18-39(27)34(25)43)31(41)38-33-28(23-15-7-8-16-26(23)44-33)32(42)36-22-13-5-2-6-14-22/h1-6,9-14,17-19,35H,7-8,15-16,20H2,(H,36,42)(H,38,41). The molecule has 0 aliphatic heterocycles. The van der Waals surface area contributed by atoms with Crippen LogP contribution in [-0.4, -0.2) is 25.8 Å². The van der Waals surface area contributed by atoms with Crippen LogP contribution in [0.15, 0.2) is 95.9 Å². The fraction of sp³-hybridized carbons (Fsp3) is 0.147. The van der Waals surface area contributed by atoms with E-state index < -0.39 is 5.91 Å². The number of rotatable bonds is 6. The van der Waals surface area contributed by atoms with Crippen molar-refractivity contribution in [1.82, 2.24) is 14.0 Å². The third-order valence-corrected chi connectivity index (χ3v) is 9.11. The number of fused-ring (bicyclic) bond motifs is 3. The van der Waals surface area contributed by atoms with E-state index in [0.29, 0.717) is 27.5 Å². The Kier molecular flexibility index (Phi) is 7.11. The van der Waals surface area contributed by atoms with E-state index in [0.717, 1.165) is 41.7 Å². The number of hydrogen-bond donors (Lipinski definition) is 3. The molecule has 0 bridgehead atoms. The fourth-order valence-corrected chi connectivity index (χ4v) is 7.04. The molecule has 0 unspecified atom stereocenters. The summed E-state index contributed by atoms with van der Waals surface area (Å²) in [6, 6.07) is 25.5. The second-order valence-electron chi connectivity index (χ2n) is 10.8. The van der Waals surface area contributed by atoms with Gasteiger partial charge < -0.3 is 15.2 Å². The summed E-state index contributed by atoms with van der Waals surface area (Å²) in [5.74, 6) is -0.854. The van der Waals surface area contributed by atoms with Crippen molar-refractivity contribution in [3.63, 3.8) is 0 Å². The molecule has 4 heterocycles. The molecule has 0 atom stereocenters. The molecule has 0 spiro atoms. The molecule has 1 aliphatic carbocycles. The molecule has 0 radical (unpaired) electrons. The van der Waals surface area contributed by atoms with Gasteiger partial charge >= 0.3 is 0 Å². The smallest absolute Gasteiger partial charge is 0.267 e. The molecule has 0 saturated carbocycles. The molecule has 218 valence electrons. The van der Waals surface area contributed by atoms with Crippen LogP contribution in [0.5, 0.6) is 0 Å². The lowest BCUT2D eigenvalue weighted by Crippen LogP contribution is -2.32. The zero-order chi connectivity index (χ0) is 30.2. The molecular formula is C34H28N6O3S. The van der Waals surface area contributed by atoms with Crippen molar-refractivity contribution in [2.75, 3.05) is 10.6 Å². The first-order valence-electron chi connectivity index (χ1n) is 14.4. The maximum absolute atomic E-state index is 14.0. The van der Waals surface area contributed by atoms with E-state index in [4.69, 9.17) is 10.4 Å². The SMILES string of the molecule is N=c1c(C(=O)Nc2sc3c(c2C(=O)Nc2ccccc2)CCCC3)cc2c(=O)n3ccccc3nc2n1Cc1ccccc1. The second kappa shape index (κ2) is 11.4. The van der Waals surface area contributed by atoms with Gasteiger partial charge in [-0.3, -0.25) is 24.2 Å². The number of carbonyl (C=O) groups excluding carboxylic acids is 2. The lowest BCUT2D eigenvalue weighted by Gasteiger charge is -2.15. The molecule has 0 saturated heterocycles. The monoisotopic (exact) mass is 600 g/mol. The Morgan fingerprint density at radius 2 is 1.61 bits per heavy atom. The van der Waals surface area contributed by atoms with Crippen LogP contribution >= 0.6 is 11.3 Å². The summed E-state index contributed by atoms with van der Waals surface area (Å²) in [6.45, 7) is 0.241. The number of nitrogens with zero attached hydrogens (tertiary/aromatic N) is 3. The van der Waals surface area contributed by atoms with Gasteiger partial charge in [-0.1, -0.05) is 54.6 Å². The van der Waals surface area contributed by atoms with Crippen molar-refractivity contribution in [3.05, 3.63) is 134 Å². The Balaban J connectivity index is 1.34. The molecule has 2 amide bonds. The van der Waals surface area contributed by atoms with Crippen LogP contribution in [0.2, 0.25) is 0 Å². The van der Waals surface area contributed by atoms with Crippen molar-refractivity contribution in [3.8, 4) is 0 Å². The van der Waals surface area contributed by atoms with E-state index in [1.54, 1.807) is 29.0 Å². The highest BCUT2D eigenvalue weighted by atomic mass is 32.1. The molecule has 3 N–H and O–H groups in total. The average molecular weight is 601 g/mol. The van der Waals surface area contributed by atoms with Crippen LogP contribution in [0.1, 0.15) is 49.6 Å². The summed E-state index contributed by atoms with van der Waals surface area (Å²) in [7, 11) is 0. The number of nitrogens with one attached hydrogen (secondary N) is 3. The first-order chi connectivity index (χ1) is 21.5. The van der Waals surface area contributed by atoms with E-state index >= 15 is 0 Å². The molecule has 1 aliphatic rings. The Labute approximate surface area is 256 Å². The second-order valence-corrected chi connectivity index (χ2v) is 11.9. The number of carbonyl (C=O) groups is 2. The highest BCUT2D eigenvalue weighted by molar-refractivity contribution is 7.17. The highest BCUT2D eigenvalue weighted by Gasteiger charge is 2.27. The largest absolute Gasteiger partial charge is 0.322 e. The summed E-state index contributed by atoms with van der Waals surface area (Å²) in [5, 5.41) is 15.7. The third-order valence-electron chi connectivity index (χ3n) is 7.90.